The maximum absolute atomic E-state index is 6.26. The Labute approximate surface area is 130 Å². The molecule has 1 aliphatic carbocycles. The molecule has 0 aliphatic heterocycles. The molecule has 0 radical (unpaired) electrons. The molecule has 0 aromatic heterocycles. The van der Waals surface area contributed by atoms with Gasteiger partial charge in [0.25, 0.3) is 0 Å². The van der Waals surface area contributed by atoms with Crippen LogP contribution in [-0.2, 0) is 0 Å². The van der Waals surface area contributed by atoms with E-state index in [9.17, 15) is 0 Å². The largest absolute Gasteiger partial charge is 0.310 e. The molecule has 0 bridgehead atoms. The van der Waals surface area contributed by atoms with Gasteiger partial charge < -0.3 is 5.32 Å². The van der Waals surface area contributed by atoms with Crippen LogP contribution in [0, 0.1) is 5.41 Å². The van der Waals surface area contributed by atoms with Crippen LogP contribution in [0.4, 0.5) is 0 Å². The molecule has 1 unspecified atom stereocenters. The molecule has 0 saturated heterocycles. The van der Waals surface area contributed by atoms with Crippen molar-refractivity contribution in [1.29, 1.82) is 0 Å². The summed E-state index contributed by atoms with van der Waals surface area (Å²) in [6.45, 7) is 5.42. The van der Waals surface area contributed by atoms with Crippen LogP contribution in [0.15, 0.2) is 12.1 Å². The van der Waals surface area contributed by atoms with Gasteiger partial charge in [0.05, 0.1) is 15.1 Å². The van der Waals surface area contributed by atoms with Gasteiger partial charge in [0.15, 0.2) is 0 Å². The van der Waals surface area contributed by atoms with Gasteiger partial charge in [-0.2, -0.15) is 0 Å². The van der Waals surface area contributed by atoms with Crippen LogP contribution in [-0.4, -0.2) is 6.54 Å². The lowest BCUT2D eigenvalue weighted by molar-refractivity contribution is 0.397. The van der Waals surface area contributed by atoms with E-state index in [0.717, 1.165) is 12.1 Å². The third-order valence-corrected chi connectivity index (χ3v) is 5.36. The lowest BCUT2D eigenvalue weighted by Gasteiger charge is -2.21. The molecule has 1 N–H and O–H groups in total. The van der Waals surface area contributed by atoms with Crippen LogP contribution in [0.1, 0.15) is 51.1 Å². The van der Waals surface area contributed by atoms with Gasteiger partial charge in [-0.1, -0.05) is 54.2 Å². The predicted octanol–water partition coefficient (Wildman–Crippen LogP) is 5.88. The quantitative estimate of drug-likeness (QED) is 0.646. The van der Waals surface area contributed by atoms with E-state index in [2.05, 4.69) is 19.2 Å². The van der Waals surface area contributed by atoms with Crippen molar-refractivity contribution in [3.05, 3.63) is 32.8 Å². The highest BCUT2D eigenvalue weighted by molar-refractivity contribution is 6.48. The van der Waals surface area contributed by atoms with Crippen molar-refractivity contribution in [2.45, 2.75) is 45.6 Å². The van der Waals surface area contributed by atoms with Gasteiger partial charge in [0.1, 0.15) is 0 Å². The Kier molecular flexibility index (Phi) is 5.05. The standard InChI is InChI=1S/C15H20Cl3N/c1-3-6-15(7-8-15)9-19-10(2)11-4-5-12(16)14(18)13(11)17/h4-5,10,19H,3,6-9H2,1-2H3. The summed E-state index contributed by atoms with van der Waals surface area (Å²) in [5.74, 6) is 0. The Bertz CT molecular complexity index is 455. The maximum atomic E-state index is 6.26. The third kappa shape index (κ3) is 3.58. The van der Waals surface area contributed by atoms with Crippen LogP contribution in [0.3, 0.4) is 0 Å². The average Bonchev–Trinajstić information content (AvgIpc) is 3.14. The van der Waals surface area contributed by atoms with Crippen molar-refractivity contribution in [3.63, 3.8) is 0 Å². The number of rotatable bonds is 6. The number of hydrogen-bond acceptors (Lipinski definition) is 1. The second-order valence-electron chi connectivity index (χ2n) is 5.62. The molecule has 1 aromatic carbocycles. The Morgan fingerprint density at radius 1 is 1.21 bits per heavy atom. The molecule has 2 rings (SSSR count). The van der Waals surface area contributed by atoms with Crippen molar-refractivity contribution in [2.24, 2.45) is 5.41 Å². The van der Waals surface area contributed by atoms with E-state index in [0.29, 0.717) is 20.5 Å². The summed E-state index contributed by atoms with van der Waals surface area (Å²) in [7, 11) is 0. The van der Waals surface area contributed by atoms with Crippen LogP contribution >= 0.6 is 34.8 Å². The van der Waals surface area contributed by atoms with Gasteiger partial charge >= 0.3 is 0 Å². The van der Waals surface area contributed by atoms with E-state index in [4.69, 9.17) is 34.8 Å². The minimum absolute atomic E-state index is 0.191. The summed E-state index contributed by atoms with van der Waals surface area (Å²) in [6, 6.07) is 3.95. The fourth-order valence-electron chi connectivity index (χ4n) is 2.58. The fraction of sp³-hybridized carbons (Fsp3) is 0.600. The van der Waals surface area contributed by atoms with Crippen molar-refractivity contribution >= 4 is 34.8 Å². The number of halogens is 3. The first-order chi connectivity index (χ1) is 8.99. The van der Waals surface area contributed by atoms with Crippen LogP contribution in [0.2, 0.25) is 15.1 Å². The molecule has 0 spiro atoms. The SMILES string of the molecule is CCCC1(CNC(C)c2ccc(Cl)c(Cl)c2Cl)CC1. The first kappa shape index (κ1) is 15.4. The van der Waals surface area contributed by atoms with Crippen LogP contribution < -0.4 is 5.32 Å². The first-order valence-corrected chi connectivity index (χ1v) is 7.99. The highest BCUT2D eigenvalue weighted by Crippen LogP contribution is 2.49. The molecular weight excluding hydrogens is 301 g/mol. The minimum Gasteiger partial charge on any atom is -0.310 e. The van der Waals surface area contributed by atoms with Crippen molar-refractivity contribution in [3.8, 4) is 0 Å². The smallest absolute Gasteiger partial charge is 0.0781 e. The third-order valence-electron chi connectivity index (χ3n) is 4.05. The Balaban J connectivity index is 2.00. The van der Waals surface area contributed by atoms with E-state index in [1.165, 1.54) is 25.7 Å². The van der Waals surface area contributed by atoms with Crippen molar-refractivity contribution < 1.29 is 0 Å². The summed E-state index contributed by atoms with van der Waals surface area (Å²) in [5, 5.41) is 5.11. The molecule has 4 heteroatoms. The van der Waals surface area contributed by atoms with Gasteiger partial charge in [-0.3, -0.25) is 0 Å². The summed E-state index contributed by atoms with van der Waals surface area (Å²) < 4.78 is 0. The lowest BCUT2D eigenvalue weighted by atomic mass is 9.99. The second-order valence-corrected chi connectivity index (χ2v) is 6.78. The second kappa shape index (κ2) is 6.22. The van der Waals surface area contributed by atoms with Crippen LogP contribution in [0.5, 0.6) is 0 Å². The predicted molar refractivity (Wildman–Crippen MR) is 84.5 cm³/mol. The molecule has 1 atom stereocenters. The zero-order valence-electron chi connectivity index (χ0n) is 11.4. The monoisotopic (exact) mass is 319 g/mol. The zero-order chi connectivity index (χ0) is 14.0. The molecule has 1 aromatic rings. The molecule has 106 valence electrons. The normalized spacial score (nSPS) is 18.4. The van der Waals surface area contributed by atoms with E-state index in [1.807, 2.05) is 12.1 Å². The molecule has 0 amide bonds. The van der Waals surface area contributed by atoms with E-state index in [-0.39, 0.29) is 6.04 Å². The lowest BCUT2D eigenvalue weighted by Crippen LogP contribution is -2.27. The zero-order valence-corrected chi connectivity index (χ0v) is 13.7. The number of benzene rings is 1. The Morgan fingerprint density at radius 3 is 2.47 bits per heavy atom. The summed E-state index contributed by atoms with van der Waals surface area (Å²) in [5.41, 5.74) is 1.55. The Hall–Kier alpha value is 0.0500. The van der Waals surface area contributed by atoms with Gasteiger partial charge in [-0.25, -0.2) is 0 Å². The van der Waals surface area contributed by atoms with Crippen LogP contribution in [0.25, 0.3) is 0 Å². The van der Waals surface area contributed by atoms with Gasteiger partial charge in [-0.15, -0.1) is 0 Å². The van der Waals surface area contributed by atoms with Gasteiger partial charge in [-0.05, 0) is 43.2 Å². The summed E-state index contributed by atoms with van der Waals surface area (Å²) in [6.07, 6.45) is 5.25. The summed E-state index contributed by atoms with van der Waals surface area (Å²) in [4.78, 5) is 0. The number of hydrogen-bond donors (Lipinski definition) is 1. The van der Waals surface area contributed by atoms with Gasteiger partial charge in [0, 0.05) is 12.6 Å². The van der Waals surface area contributed by atoms with E-state index in [1.54, 1.807) is 0 Å². The summed E-state index contributed by atoms with van der Waals surface area (Å²) >= 11 is 18.3. The van der Waals surface area contributed by atoms with Gasteiger partial charge in [0.2, 0.25) is 0 Å². The fourth-order valence-corrected chi connectivity index (χ4v) is 3.28. The Morgan fingerprint density at radius 2 is 1.89 bits per heavy atom. The van der Waals surface area contributed by atoms with Crippen molar-refractivity contribution in [1.82, 2.24) is 5.32 Å². The maximum Gasteiger partial charge on any atom is 0.0781 e. The first-order valence-electron chi connectivity index (χ1n) is 6.86. The van der Waals surface area contributed by atoms with Crippen molar-refractivity contribution in [2.75, 3.05) is 6.54 Å². The molecule has 1 saturated carbocycles. The number of nitrogens with one attached hydrogen (secondary N) is 1. The minimum atomic E-state index is 0.191. The highest BCUT2D eigenvalue weighted by Gasteiger charge is 2.41. The molecule has 1 aliphatic rings. The van der Waals surface area contributed by atoms with E-state index >= 15 is 0 Å². The average molecular weight is 321 g/mol. The molecule has 1 nitrogen and oxygen atoms in total. The topological polar surface area (TPSA) is 12.0 Å². The highest BCUT2D eigenvalue weighted by atomic mass is 35.5. The molecule has 1 fully saturated rings. The van der Waals surface area contributed by atoms with E-state index < -0.39 is 0 Å². The molecular formula is C15H20Cl3N. The molecule has 19 heavy (non-hydrogen) atoms. The molecule has 0 heterocycles.